The van der Waals surface area contributed by atoms with E-state index in [0.717, 1.165) is 10.6 Å². The maximum Gasteiger partial charge on any atom is 0.223 e. The van der Waals surface area contributed by atoms with Gasteiger partial charge in [0, 0.05) is 24.1 Å². The lowest BCUT2D eigenvalue weighted by Crippen LogP contribution is -2.31. The van der Waals surface area contributed by atoms with Crippen LogP contribution in [-0.2, 0) is 4.79 Å². The predicted octanol–water partition coefficient (Wildman–Crippen LogP) is 3.85. The van der Waals surface area contributed by atoms with E-state index in [2.05, 4.69) is 0 Å². The Bertz CT molecular complexity index is 661. The number of likely N-dealkylation sites (N-methyl/N-ethyl adjacent to an activating group) is 1. The summed E-state index contributed by atoms with van der Waals surface area (Å²) in [6.45, 7) is 0.864. The number of thioether (sulfide) groups is 1. The Morgan fingerprint density at radius 1 is 1.08 bits per heavy atom. The van der Waals surface area contributed by atoms with Gasteiger partial charge in [-0.1, -0.05) is 0 Å². The van der Waals surface area contributed by atoms with Gasteiger partial charge in [0.05, 0.1) is 13.7 Å². The number of ether oxygens (including phenoxy) is 2. The third-order valence-electron chi connectivity index (χ3n) is 3.58. The molecule has 4 nitrogen and oxygen atoms in total. The summed E-state index contributed by atoms with van der Waals surface area (Å²) in [7, 11) is 3.39. The summed E-state index contributed by atoms with van der Waals surface area (Å²) in [6.07, 6.45) is 0.462. The molecule has 2 aromatic rings. The number of methoxy groups -OCH3 is 1. The fraction of sp³-hybridized carbons (Fsp3) is 0.316. The fourth-order valence-electron chi connectivity index (χ4n) is 2.07. The first kappa shape index (κ1) is 19.1. The summed E-state index contributed by atoms with van der Waals surface area (Å²) in [5, 5.41) is 0. The zero-order valence-electron chi connectivity index (χ0n) is 14.4. The second-order valence-electron chi connectivity index (χ2n) is 5.39. The number of nitrogens with zero attached hydrogens (tertiary/aromatic N) is 1. The molecule has 0 atom stereocenters. The number of rotatable bonds is 9. The van der Waals surface area contributed by atoms with Gasteiger partial charge in [0.1, 0.15) is 23.9 Å². The first-order valence-corrected chi connectivity index (χ1v) is 8.96. The largest absolute Gasteiger partial charge is 0.497 e. The van der Waals surface area contributed by atoms with Crippen molar-refractivity contribution in [2.75, 3.05) is 33.1 Å². The molecule has 0 aromatic heterocycles. The van der Waals surface area contributed by atoms with Crippen LogP contribution in [-0.4, -0.2) is 43.9 Å². The number of hydrogen-bond donors (Lipinski definition) is 0. The van der Waals surface area contributed by atoms with Gasteiger partial charge in [0.15, 0.2) is 0 Å². The van der Waals surface area contributed by atoms with Crippen molar-refractivity contribution in [1.82, 2.24) is 4.90 Å². The summed E-state index contributed by atoms with van der Waals surface area (Å²) in [6, 6.07) is 13.6. The van der Waals surface area contributed by atoms with Crippen molar-refractivity contribution in [2.45, 2.75) is 11.3 Å². The van der Waals surface area contributed by atoms with E-state index in [1.807, 2.05) is 24.3 Å². The molecule has 6 heteroatoms. The number of amides is 1. The number of carbonyl (C=O) groups excluding carboxylic acids is 1. The van der Waals surface area contributed by atoms with Gasteiger partial charge in [-0.3, -0.25) is 4.79 Å². The molecule has 0 saturated carbocycles. The quantitative estimate of drug-likeness (QED) is 0.634. The van der Waals surface area contributed by atoms with Crippen LogP contribution in [0.2, 0.25) is 0 Å². The van der Waals surface area contributed by atoms with Crippen molar-refractivity contribution < 1.29 is 18.7 Å². The van der Waals surface area contributed by atoms with Gasteiger partial charge in [0.25, 0.3) is 0 Å². The molecule has 0 spiro atoms. The smallest absolute Gasteiger partial charge is 0.223 e. The van der Waals surface area contributed by atoms with Gasteiger partial charge in [-0.2, -0.15) is 0 Å². The first-order chi connectivity index (χ1) is 12.1. The van der Waals surface area contributed by atoms with Crippen LogP contribution in [0, 0.1) is 5.82 Å². The molecule has 0 bridgehead atoms. The molecule has 134 valence electrons. The van der Waals surface area contributed by atoms with Crippen molar-refractivity contribution in [2.24, 2.45) is 0 Å². The Labute approximate surface area is 151 Å². The highest BCUT2D eigenvalue weighted by Crippen LogP contribution is 2.22. The molecule has 0 fully saturated rings. The molecule has 0 unspecified atom stereocenters. The maximum atomic E-state index is 12.8. The lowest BCUT2D eigenvalue weighted by molar-refractivity contribution is -0.129. The minimum atomic E-state index is -0.297. The summed E-state index contributed by atoms with van der Waals surface area (Å²) < 4.78 is 23.4. The van der Waals surface area contributed by atoms with E-state index < -0.39 is 0 Å². The lowest BCUT2D eigenvalue weighted by Gasteiger charge is -2.17. The molecule has 0 aliphatic carbocycles. The van der Waals surface area contributed by atoms with Crippen molar-refractivity contribution in [3.8, 4) is 11.5 Å². The van der Waals surface area contributed by atoms with E-state index in [1.165, 1.54) is 12.1 Å². The van der Waals surface area contributed by atoms with E-state index in [4.69, 9.17) is 9.47 Å². The van der Waals surface area contributed by atoms with E-state index in [-0.39, 0.29) is 11.7 Å². The van der Waals surface area contributed by atoms with Crippen molar-refractivity contribution in [3.63, 3.8) is 0 Å². The molecule has 25 heavy (non-hydrogen) atoms. The van der Waals surface area contributed by atoms with Gasteiger partial charge in [-0.25, -0.2) is 4.39 Å². The molecule has 0 heterocycles. The SMILES string of the molecule is COc1ccc(SCCC(=O)N(C)CCOc2ccc(F)cc2)cc1. The molecule has 0 aliphatic heterocycles. The maximum absolute atomic E-state index is 12.8. The Hall–Kier alpha value is -2.21. The lowest BCUT2D eigenvalue weighted by atomic mass is 10.3. The van der Waals surface area contributed by atoms with E-state index in [9.17, 15) is 9.18 Å². The molecule has 0 saturated heterocycles. The molecule has 0 aliphatic rings. The summed E-state index contributed by atoms with van der Waals surface area (Å²) in [5.41, 5.74) is 0. The standard InChI is InChI=1S/C19H22FNO3S/c1-21(12-13-24-17-5-3-15(20)4-6-17)19(22)11-14-25-18-9-7-16(23-2)8-10-18/h3-10H,11-14H2,1-2H3. The molecule has 0 N–H and O–H groups in total. The highest BCUT2D eigenvalue weighted by Gasteiger charge is 2.09. The highest BCUT2D eigenvalue weighted by atomic mass is 32.2. The van der Waals surface area contributed by atoms with Crippen LogP contribution in [0.15, 0.2) is 53.4 Å². The van der Waals surface area contributed by atoms with Gasteiger partial charge < -0.3 is 14.4 Å². The number of benzene rings is 2. The van der Waals surface area contributed by atoms with Gasteiger partial charge >= 0.3 is 0 Å². The molecule has 1 amide bonds. The topological polar surface area (TPSA) is 38.8 Å². The van der Waals surface area contributed by atoms with E-state index in [1.54, 1.807) is 43.0 Å². The number of carbonyl (C=O) groups is 1. The Kier molecular flexibility index (Phi) is 7.60. The highest BCUT2D eigenvalue weighted by molar-refractivity contribution is 7.99. The Morgan fingerprint density at radius 2 is 1.72 bits per heavy atom. The average Bonchev–Trinajstić information content (AvgIpc) is 2.63. The van der Waals surface area contributed by atoms with Crippen LogP contribution in [0.3, 0.4) is 0 Å². The van der Waals surface area contributed by atoms with Crippen LogP contribution in [0.25, 0.3) is 0 Å². The average molecular weight is 363 g/mol. The zero-order chi connectivity index (χ0) is 18.1. The van der Waals surface area contributed by atoms with Crippen molar-refractivity contribution in [3.05, 3.63) is 54.3 Å². The predicted molar refractivity (Wildman–Crippen MR) is 97.9 cm³/mol. The van der Waals surface area contributed by atoms with Gasteiger partial charge in [-0.05, 0) is 48.5 Å². The van der Waals surface area contributed by atoms with Gasteiger partial charge in [0.2, 0.25) is 5.91 Å². The third-order valence-corrected chi connectivity index (χ3v) is 4.59. The Balaban J connectivity index is 1.64. The van der Waals surface area contributed by atoms with Crippen LogP contribution in [0.1, 0.15) is 6.42 Å². The van der Waals surface area contributed by atoms with Crippen LogP contribution in [0.5, 0.6) is 11.5 Å². The minimum Gasteiger partial charge on any atom is -0.497 e. The molecule has 2 aromatic carbocycles. The number of hydrogen-bond acceptors (Lipinski definition) is 4. The second kappa shape index (κ2) is 9.93. The molecular weight excluding hydrogens is 341 g/mol. The van der Waals surface area contributed by atoms with E-state index >= 15 is 0 Å². The van der Waals surface area contributed by atoms with Crippen molar-refractivity contribution in [1.29, 1.82) is 0 Å². The third kappa shape index (κ3) is 6.66. The van der Waals surface area contributed by atoms with Crippen LogP contribution >= 0.6 is 11.8 Å². The minimum absolute atomic E-state index is 0.0729. The number of halogens is 1. The molecule has 0 radical (unpaired) electrons. The second-order valence-corrected chi connectivity index (χ2v) is 6.56. The summed E-state index contributed by atoms with van der Waals surface area (Å²) in [5.74, 6) is 1.91. The monoisotopic (exact) mass is 363 g/mol. The normalized spacial score (nSPS) is 10.4. The summed E-state index contributed by atoms with van der Waals surface area (Å²) in [4.78, 5) is 14.9. The van der Waals surface area contributed by atoms with Gasteiger partial charge in [-0.15, -0.1) is 11.8 Å². The van der Waals surface area contributed by atoms with E-state index in [0.29, 0.717) is 31.1 Å². The molecule has 2 rings (SSSR count). The Morgan fingerprint density at radius 3 is 2.36 bits per heavy atom. The van der Waals surface area contributed by atoms with Crippen LogP contribution in [0.4, 0.5) is 4.39 Å². The van der Waals surface area contributed by atoms with Crippen molar-refractivity contribution >= 4 is 17.7 Å². The van der Waals surface area contributed by atoms with Crippen LogP contribution < -0.4 is 9.47 Å². The fourth-order valence-corrected chi connectivity index (χ4v) is 2.92. The zero-order valence-corrected chi connectivity index (χ0v) is 15.2. The first-order valence-electron chi connectivity index (χ1n) is 7.97. The molecular formula is C19H22FNO3S. The summed E-state index contributed by atoms with van der Waals surface area (Å²) >= 11 is 1.64.